The van der Waals surface area contributed by atoms with E-state index in [9.17, 15) is 9.59 Å². The summed E-state index contributed by atoms with van der Waals surface area (Å²) in [5, 5.41) is 3.41. The lowest BCUT2D eigenvalue weighted by Crippen LogP contribution is -2.41. The van der Waals surface area contributed by atoms with Crippen molar-refractivity contribution < 1.29 is 14.3 Å². The first kappa shape index (κ1) is 21.5. The van der Waals surface area contributed by atoms with Crippen LogP contribution in [-0.4, -0.2) is 81.1 Å². The Kier molecular flexibility index (Phi) is 8.34. The van der Waals surface area contributed by atoms with Gasteiger partial charge < -0.3 is 25.6 Å². The van der Waals surface area contributed by atoms with Crippen molar-refractivity contribution in [2.75, 3.05) is 53.4 Å². The highest BCUT2D eigenvalue weighted by Crippen LogP contribution is 2.24. The summed E-state index contributed by atoms with van der Waals surface area (Å²) in [7, 11) is 3.22. The van der Waals surface area contributed by atoms with E-state index in [1.165, 1.54) is 7.11 Å². The van der Waals surface area contributed by atoms with Gasteiger partial charge in [0.1, 0.15) is 0 Å². The predicted octanol–water partition coefficient (Wildman–Crippen LogP) is 0.280. The molecule has 0 aromatic carbocycles. The van der Waals surface area contributed by atoms with E-state index in [1.807, 2.05) is 0 Å². The molecule has 2 unspecified atom stereocenters. The predicted molar refractivity (Wildman–Crippen MR) is 105 cm³/mol. The summed E-state index contributed by atoms with van der Waals surface area (Å²) in [6, 6.07) is 0. The summed E-state index contributed by atoms with van der Waals surface area (Å²) in [6.07, 6.45) is 3.93. The highest BCUT2D eigenvalue weighted by Gasteiger charge is 2.36. The summed E-state index contributed by atoms with van der Waals surface area (Å²) in [5.41, 5.74) is 5.38. The van der Waals surface area contributed by atoms with Crippen LogP contribution < -0.4 is 11.1 Å². The Morgan fingerprint density at radius 1 is 1.22 bits per heavy atom. The molecule has 27 heavy (non-hydrogen) atoms. The number of ether oxygens (including phenoxy) is 1. The number of hydrogen-bond donors (Lipinski definition) is 2. The first-order chi connectivity index (χ1) is 13.0. The molecule has 2 heterocycles. The second-order valence-corrected chi connectivity index (χ2v) is 7.71. The molecule has 0 aromatic heterocycles. The number of aliphatic imine (C=N–C) groups is 1. The zero-order valence-electron chi connectivity index (χ0n) is 16.9. The molecule has 8 heteroatoms. The summed E-state index contributed by atoms with van der Waals surface area (Å²) < 4.78 is 4.90. The first-order valence-electron chi connectivity index (χ1n) is 10.0. The SMILES string of the molecule is CN=C(NCCCCN1CCC(C(N)=O)CC1)N1CC(C)C(C(=O)OC)C1. The lowest BCUT2D eigenvalue weighted by molar-refractivity contribution is -0.146. The van der Waals surface area contributed by atoms with Gasteiger partial charge in [-0.1, -0.05) is 6.92 Å². The largest absolute Gasteiger partial charge is 0.469 e. The quantitative estimate of drug-likeness (QED) is 0.284. The molecule has 2 aliphatic rings. The van der Waals surface area contributed by atoms with E-state index in [0.29, 0.717) is 6.54 Å². The van der Waals surface area contributed by atoms with Gasteiger partial charge in [0, 0.05) is 32.6 Å². The minimum absolute atomic E-state index is 0.0582. The number of likely N-dealkylation sites (tertiary alicyclic amines) is 2. The Balaban J connectivity index is 1.63. The van der Waals surface area contributed by atoms with Crippen molar-refractivity contribution >= 4 is 17.8 Å². The summed E-state index contributed by atoms with van der Waals surface area (Å²) >= 11 is 0. The number of rotatable bonds is 7. The van der Waals surface area contributed by atoms with E-state index in [1.54, 1.807) is 7.05 Å². The van der Waals surface area contributed by atoms with Crippen LogP contribution in [0.5, 0.6) is 0 Å². The average molecular weight is 382 g/mol. The van der Waals surface area contributed by atoms with Crippen LogP contribution >= 0.6 is 0 Å². The van der Waals surface area contributed by atoms with Crippen LogP contribution in [-0.2, 0) is 14.3 Å². The Morgan fingerprint density at radius 3 is 2.52 bits per heavy atom. The van der Waals surface area contributed by atoms with Crippen molar-refractivity contribution in [2.45, 2.75) is 32.6 Å². The lowest BCUT2D eigenvalue weighted by Gasteiger charge is -2.30. The summed E-state index contributed by atoms with van der Waals surface area (Å²) in [4.78, 5) is 32.0. The normalized spacial score (nSPS) is 24.9. The average Bonchev–Trinajstić information content (AvgIpc) is 3.05. The Bertz CT molecular complexity index is 531. The van der Waals surface area contributed by atoms with Gasteiger partial charge in [0.2, 0.25) is 5.91 Å². The summed E-state index contributed by atoms with van der Waals surface area (Å²) in [6.45, 7) is 7.38. The molecule has 0 aliphatic carbocycles. The molecule has 2 saturated heterocycles. The fourth-order valence-corrected chi connectivity index (χ4v) is 4.03. The third-order valence-electron chi connectivity index (χ3n) is 5.80. The van der Waals surface area contributed by atoms with Crippen LogP contribution in [0.2, 0.25) is 0 Å². The fraction of sp³-hybridized carbons (Fsp3) is 0.842. The number of nitrogens with one attached hydrogen (secondary N) is 1. The maximum Gasteiger partial charge on any atom is 0.310 e. The number of primary amides is 1. The van der Waals surface area contributed by atoms with E-state index in [-0.39, 0.29) is 29.6 Å². The van der Waals surface area contributed by atoms with E-state index in [2.05, 4.69) is 27.0 Å². The number of guanidine groups is 1. The Labute approximate surface area is 162 Å². The third kappa shape index (κ3) is 6.09. The number of piperidine rings is 1. The van der Waals surface area contributed by atoms with Crippen LogP contribution in [0.4, 0.5) is 0 Å². The van der Waals surface area contributed by atoms with Crippen molar-refractivity contribution in [1.29, 1.82) is 0 Å². The zero-order valence-corrected chi connectivity index (χ0v) is 16.9. The van der Waals surface area contributed by atoms with E-state index < -0.39 is 0 Å². The highest BCUT2D eigenvalue weighted by atomic mass is 16.5. The van der Waals surface area contributed by atoms with Gasteiger partial charge >= 0.3 is 5.97 Å². The second-order valence-electron chi connectivity index (χ2n) is 7.71. The van der Waals surface area contributed by atoms with Gasteiger partial charge in [-0.15, -0.1) is 0 Å². The third-order valence-corrected chi connectivity index (χ3v) is 5.80. The van der Waals surface area contributed by atoms with Crippen molar-refractivity contribution in [1.82, 2.24) is 15.1 Å². The van der Waals surface area contributed by atoms with Gasteiger partial charge in [0.15, 0.2) is 5.96 Å². The number of unbranched alkanes of at least 4 members (excludes halogenated alkanes) is 1. The smallest absolute Gasteiger partial charge is 0.310 e. The van der Waals surface area contributed by atoms with Gasteiger partial charge in [-0.3, -0.25) is 14.6 Å². The molecule has 2 fully saturated rings. The molecule has 2 aliphatic heterocycles. The Morgan fingerprint density at radius 2 is 1.93 bits per heavy atom. The zero-order chi connectivity index (χ0) is 19.8. The first-order valence-corrected chi connectivity index (χ1v) is 10.0. The monoisotopic (exact) mass is 381 g/mol. The topological polar surface area (TPSA) is 100 Å². The number of amides is 1. The van der Waals surface area contributed by atoms with Crippen molar-refractivity contribution in [3.8, 4) is 0 Å². The molecule has 2 rings (SSSR count). The minimum Gasteiger partial charge on any atom is -0.469 e. The molecule has 0 aromatic rings. The van der Waals surface area contributed by atoms with Crippen LogP contribution in [0.3, 0.4) is 0 Å². The van der Waals surface area contributed by atoms with Crippen molar-refractivity contribution in [3.63, 3.8) is 0 Å². The van der Waals surface area contributed by atoms with Gasteiger partial charge in [-0.05, 0) is 51.2 Å². The molecular formula is C19H35N5O3. The lowest BCUT2D eigenvalue weighted by atomic mass is 9.96. The van der Waals surface area contributed by atoms with Gasteiger partial charge in [0.05, 0.1) is 13.0 Å². The van der Waals surface area contributed by atoms with Gasteiger partial charge in [0.25, 0.3) is 0 Å². The molecule has 1 amide bonds. The molecule has 0 radical (unpaired) electrons. The number of esters is 1. The standard InChI is InChI=1S/C19H35N5O3/c1-14-12-24(13-16(14)18(26)27-3)19(21-2)22-8-4-5-9-23-10-6-15(7-11-23)17(20)25/h14-16H,4-13H2,1-3H3,(H2,20,25)(H,21,22). The Hall–Kier alpha value is -1.83. The molecule has 0 saturated carbocycles. The molecule has 8 nitrogen and oxygen atoms in total. The van der Waals surface area contributed by atoms with Gasteiger partial charge in [-0.25, -0.2) is 0 Å². The maximum absolute atomic E-state index is 11.8. The number of carbonyl (C=O) groups excluding carboxylic acids is 2. The van der Waals surface area contributed by atoms with Crippen molar-refractivity contribution in [2.24, 2.45) is 28.5 Å². The molecule has 2 atom stereocenters. The number of methoxy groups -OCH3 is 1. The number of carbonyl (C=O) groups is 2. The second kappa shape index (κ2) is 10.5. The number of nitrogens with two attached hydrogens (primary N) is 1. The number of hydrogen-bond acceptors (Lipinski definition) is 5. The molecule has 3 N–H and O–H groups in total. The maximum atomic E-state index is 11.8. The summed E-state index contributed by atoms with van der Waals surface area (Å²) in [5.74, 6) is 0.797. The molecule has 0 bridgehead atoms. The fourth-order valence-electron chi connectivity index (χ4n) is 4.03. The molecule has 154 valence electrons. The van der Waals surface area contributed by atoms with Gasteiger partial charge in [-0.2, -0.15) is 0 Å². The van der Waals surface area contributed by atoms with Crippen molar-refractivity contribution in [3.05, 3.63) is 0 Å². The van der Waals surface area contributed by atoms with Crippen LogP contribution in [0.15, 0.2) is 4.99 Å². The number of nitrogens with zero attached hydrogens (tertiary/aromatic N) is 3. The molecule has 0 spiro atoms. The molecular weight excluding hydrogens is 346 g/mol. The minimum atomic E-state index is -0.157. The highest BCUT2D eigenvalue weighted by molar-refractivity contribution is 5.82. The van der Waals surface area contributed by atoms with Crippen LogP contribution in [0.25, 0.3) is 0 Å². The van der Waals surface area contributed by atoms with Crippen LogP contribution in [0, 0.1) is 17.8 Å². The van der Waals surface area contributed by atoms with Crippen LogP contribution in [0.1, 0.15) is 32.6 Å². The van der Waals surface area contributed by atoms with E-state index in [0.717, 1.165) is 64.4 Å². The van der Waals surface area contributed by atoms with E-state index >= 15 is 0 Å². The van der Waals surface area contributed by atoms with E-state index in [4.69, 9.17) is 10.5 Å².